The van der Waals surface area contributed by atoms with Gasteiger partial charge in [0.05, 0.1) is 0 Å². The maximum Gasteiger partial charge on any atom is 0.223 e. The van der Waals surface area contributed by atoms with Crippen LogP contribution in [-0.4, -0.2) is 25.5 Å². The predicted molar refractivity (Wildman–Crippen MR) is 80.7 cm³/mol. The second kappa shape index (κ2) is 8.18. The Labute approximate surface area is 121 Å². The summed E-state index contributed by atoms with van der Waals surface area (Å²) in [4.78, 5) is 12.0. The van der Waals surface area contributed by atoms with Crippen molar-refractivity contribution in [2.75, 3.05) is 19.6 Å². The number of nitrogens with one attached hydrogen (secondary N) is 2. The first-order valence-corrected chi connectivity index (χ1v) is 6.80. The number of amides is 1. The normalized spacial score (nSPS) is 17.3. The summed E-state index contributed by atoms with van der Waals surface area (Å²) in [6.07, 6.45) is 1.93. The first kappa shape index (κ1) is 16.0. The molecule has 1 saturated heterocycles. The molecular weight excluding hydrogens is 260 g/mol. The van der Waals surface area contributed by atoms with Gasteiger partial charge in [-0.2, -0.15) is 0 Å². The molecule has 0 aliphatic carbocycles. The molecule has 0 unspecified atom stereocenters. The fourth-order valence-corrected chi connectivity index (χ4v) is 2.38. The standard InChI is InChI=1S/C15H22N2O.ClH/c1-12(13-5-3-2-4-6-13)11-17-15(18)14-7-9-16-10-8-14;/h2-6,12,14,16H,7-11H2,1H3,(H,17,18);1H/t12-;/m0./s1. The smallest absolute Gasteiger partial charge is 0.223 e. The summed E-state index contributed by atoms with van der Waals surface area (Å²) in [7, 11) is 0. The quantitative estimate of drug-likeness (QED) is 0.890. The van der Waals surface area contributed by atoms with Crippen molar-refractivity contribution >= 4 is 18.3 Å². The van der Waals surface area contributed by atoms with E-state index in [9.17, 15) is 4.79 Å². The Kier molecular flexibility index (Phi) is 6.89. The zero-order valence-corrected chi connectivity index (χ0v) is 12.2. The van der Waals surface area contributed by atoms with E-state index in [-0.39, 0.29) is 24.2 Å². The third-order valence-electron chi connectivity index (χ3n) is 3.66. The van der Waals surface area contributed by atoms with Crippen molar-refractivity contribution in [3.63, 3.8) is 0 Å². The highest BCUT2D eigenvalue weighted by molar-refractivity contribution is 5.85. The summed E-state index contributed by atoms with van der Waals surface area (Å²) < 4.78 is 0. The Bertz CT molecular complexity index is 377. The Morgan fingerprint density at radius 1 is 1.32 bits per heavy atom. The molecule has 0 saturated carbocycles. The van der Waals surface area contributed by atoms with Gasteiger partial charge in [-0.1, -0.05) is 37.3 Å². The molecule has 1 aromatic rings. The van der Waals surface area contributed by atoms with E-state index in [2.05, 4.69) is 29.7 Å². The van der Waals surface area contributed by atoms with Gasteiger partial charge in [-0.3, -0.25) is 4.79 Å². The Morgan fingerprint density at radius 2 is 1.95 bits per heavy atom. The highest BCUT2D eigenvalue weighted by Gasteiger charge is 2.20. The molecule has 1 aromatic carbocycles. The maximum absolute atomic E-state index is 12.0. The van der Waals surface area contributed by atoms with E-state index < -0.39 is 0 Å². The van der Waals surface area contributed by atoms with Crippen molar-refractivity contribution in [1.82, 2.24) is 10.6 Å². The van der Waals surface area contributed by atoms with E-state index in [1.165, 1.54) is 5.56 Å². The third kappa shape index (κ3) is 4.84. The van der Waals surface area contributed by atoms with E-state index in [0.717, 1.165) is 32.5 Å². The van der Waals surface area contributed by atoms with Gasteiger partial charge < -0.3 is 10.6 Å². The van der Waals surface area contributed by atoms with Gasteiger partial charge in [0.1, 0.15) is 0 Å². The molecule has 0 radical (unpaired) electrons. The number of hydrogen-bond acceptors (Lipinski definition) is 2. The number of halogens is 1. The Hall–Kier alpha value is -1.06. The van der Waals surface area contributed by atoms with Gasteiger partial charge in [-0.15, -0.1) is 12.4 Å². The molecule has 0 bridgehead atoms. The molecule has 106 valence electrons. The number of hydrogen-bond donors (Lipinski definition) is 2. The minimum Gasteiger partial charge on any atom is -0.355 e. The van der Waals surface area contributed by atoms with E-state index in [1.54, 1.807) is 0 Å². The molecule has 1 aliphatic rings. The largest absolute Gasteiger partial charge is 0.355 e. The second-order valence-corrected chi connectivity index (χ2v) is 5.08. The van der Waals surface area contributed by atoms with Crippen LogP contribution >= 0.6 is 12.4 Å². The Morgan fingerprint density at radius 3 is 2.58 bits per heavy atom. The van der Waals surface area contributed by atoms with Crippen LogP contribution in [0.4, 0.5) is 0 Å². The zero-order chi connectivity index (χ0) is 12.8. The minimum atomic E-state index is 0. The van der Waals surface area contributed by atoms with Crippen LogP contribution in [0.3, 0.4) is 0 Å². The lowest BCUT2D eigenvalue weighted by molar-refractivity contribution is -0.125. The Balaban J connectivity index is 0.00000180. The number of carbonyl (C=O) groups excluding carboxylic acids is 1. The van der Waals surface area contributed by atoms with Gasteiger partial charge in [-0.05, 0) is 37.4 Å². The van der Waals surface area contributed by atoms with Crippen LogP contribution in [0.2, 0.25) is 0 Å². The summed E-state index contributed by atoms with van der Waals surface area (Å²) in [5.41, 5.74) is 1.28. The molecule has 0 aromatic heterocycles. The van der Waals surface area contributed by atoms with Gasteiger partial charge in [0.25, 0.3) is 0 Å². The van der Waals surface area contributed by atoms with E-state index in [1.807, 2.05) is 18.2 Å². The molecular formula is C15H23ClN2O. The van der Waals surface area contributed by atoms with Crippen LogP contribution in [0.5, 0.6) is 0 Å². The van der Waals surface area contributed by atoms with Gasteiger partial charge in [0.2, 0.25) is 5.91 Å². The van der Waals surface area contributed by atoms with Crippen LogP contribution in [-0.2, 0) is 4.79 Å². The fourth-order valence-electron chi connectivity index (χ4n) is 2.38. The molecule has 19 heavy (non-hydrogen) atoms. The molecule has 1 amide bonds. The van der Waals surface area contributed by atoms with Crippen molar-refractivity contribution in [2.24, 2.45) is 5.92 Å². The summed E-state index contributed by atoms with van der Waals surface area (Å²) in [6, 6.07) is 10.3. The first-order valence-electron chi connectivity index (χ1n) is 6.80. The molecule has 1 aliphatic heterocycles. The van der Waals surface area contributed by atoms with Gasteiger partial charge in [-0.25, -0.2) is 0 Å². The van der Waals surface area contributed by atoms with Crippen molar-refractivity contribution < 1.29 is 4.79 Å². The van der Waals surface area contributed by atoms with Gasteiger partial charge >= 0.3 is 0 Å². The lowest BCUT2D eigenvalue weighted by Gasteiger charge is -2.22. The SMILES string of the molecule is C[C@@H](CNC(=O)C1CCNCC1)c1ccccc1.Cl. The summed E-state index contributed by atoms with van der Waals surface area (Å²) in [5, 5.41) is 6.36. The molecule has 0 spiro atoms. The van der Waals surface area contributed by atoms with Crippen LogP contribution in [0.25, 0.3) is 0 Å². The summed E-state index contributed by atoms with van der Waals surface area (Å²) in [5.74, 6) is 0.797. The summed E-state index contributed by atoms with van der Waals surface area (Å²) in [6.45, 7) is 4.81. The zero-order valence-electron chi connectivity index (χ0n) is 11.4. The van der Waals surface area contributed by atoms with Crippen LogP contribution in [0, 0.1) is 5.92 Å². The van der Waals surface area contributed by atoms with E-state index in [4.69, 9.17) is 0 Å². The van der Waals surface area contributed by atoms with Crippen LogP contribution in [0.1, 0.15) is 31.2 Å². The molecule has 2 N–H and O–H groups in total. The topological polar surface area (TPSA) is 41.1 Å². The minimum absolute atomic E-state index is 0. The van der Waals surface area contributed by atoms with E-state index in [0.29, 0.717) is 5.92 Å². The monoisotopic (exact) mass is 282 g/mol. The lowest BCUT2D eigenvalue weighted by Crippen LogP contribution is -2.39. The number of carbonyl (C=O) groups is 1. The number of piperidine rings is 1. The first-order chi connectivity index (χ1) is 8.77. The highest BCUT2D eigenvalue weighted by Crippen LogP contribution is 2.15. The molecule has 3 nitrogen and oxygen atoms in total. The van der Waals surface area contributed by atoms with Crippen LogP contribution < -0.4 is 10.6 Å². The van der Waals surface area contributed by atoms with E-state index >= 15 is 0 Å². The molecule has 4 heteroatoms. The molecule has 2 rings (SSSR count). The van der Waals surface area contributed by atoms with Crippen molar-refractivity contribution in [1.29, 1.82) is 0 Å². The van der Waals surface area contributed by atoms with Crippen molar-refractivity contribution in [2.45, 2.75) is 25.7 Å². The van der Waals surface area contributed by atoms with Gasteiger partial charge in [0.15, 0.2) is 0 Å². The second-order valence-electron chi connectivity index (χ2n) is 5.08. The number of benzene rings is 1. The third-order valence-corrected chi connectivity index (χ3v) is 3.66. The van der Waals surface area contributed by atoms with Gasteiger partial charge in [0, 0.05) is 12.5 Å². The highest BCUT2D eigenvalue weighted by atomic mass is 35.5. The van der Waals surface area contributed by atoms with Crippen molar-refractivity contribution in [3.05, 3.63) is 35.9 Å². The number of rotatable bonds is 4. The average Bonchev–Trinajstić information content (AvgIpc) is 2.46. The molecule has 1 fully saturated rings. The summed E-state index contributed by atoms with van der Waals surface area (Å²) >= 11 is 0. The van der Waals surface area contributed by atoms with Crippen molar-refractivity contribution in [3.8, 4) is 0 Å². The maximum atomic E-state index is 12.0. The lowest BCUT2D eigenvalue weighted by atomic mass is 9.96. The fraction of sp³-hybridized carbons (Fsp3) is 0.533. The molecule has 1 heterocycles. The predicted octanol–water partition coefficient (Wildman–Crippen LogP) is 2.33. The average molecular weight is 283 g/mol. The van der Waals surface area contributed by atoms with Crippen LogP contribution in [0.15, 0.2) is 30.3 Å². The molecule has 1 atom stereocenters.